The van der Waals surface area contributed by atoms with Crippen LogP contribution in [-0.2, 0) is 12.8 Å². The molecule has 0 amide bonds. The zero-order chi connectivity index (χ0) is 14.7. The number of aromatic hydroxyl groups is 1. The third-order valence-corrected chi connectivity index (χ3v) is 3.61. The fourth-order valence-electron chi connectivity index (χ4n) is 2.02. The van der Waals surface area contributed by atoms with Gasteiger partial charge in [-0.15, -0.1) is 0 Å². The molecule has 2 aromatic carbocycles. The van der Waals surface area contributed by atoms with E-state index in [1.807, 2.05) is 36.4 Å². The molecule has 1 aromatic heterocycles. The highest BCUT2D eigenvalue weighted by Crippen LogP contribution is 2.20. The van der Waals surface area contributed by atoms with E-state index in [0.29, 0.717) is 18.1 Å². The number of hydrogen-bond acceptors (Lipinski definition) is 4. The number of aromatic nitrogens is 2. The molecule has 0 aliphatic carbocycles. The first-order valence-corrected chi connectivity index (χ1v) is 7.36. The number of hydrogen-bond donors (Lipinski definition) is 1. The molecule has 3 aromatic rings. The van der Waals surface area contributed by atoms with Crippen molar-refractivity contribution < 1.29 is 9.63 Å². The third-order valence-electron chi connectivity index (χ3n) is 3.11. The Morgan fingerprint density at radius 3 is 2.62 bits per heavy atom. The second-order valence-electron chi connectivity index (χ2n) is 4.69. The van der Waals surface area contributed by atoms with E-state index >= 15 is 0 Å². The number of nitrogens with zero attached hydrogens (tertiary/aromatic N) is 2. The zero-order valence-electron chi connectivity index (χ0n) is 11.2. The molecule has 0 aliphatic heterocycles. The predicted octanol–water partition coefficient (Wildman–Crippen LogP) is 3.99. The molecule has 3 rings (SSSR count). The summed E-state index contributed by atoms with van der Waals surface area (Å²) in [6, 6.07) is 14.9. The summed E-state index contributed by atoms with van der Waals surface area (Å²) in [5.41, 5.74) is 2.04. The van der Waals surface area contributed by atoms with Gasteiger partial charge in [0.1, 0.15) is 5.75 Å². The number of rotatable bonds is 4. The minimum Gasteiger partial charge on any atom is -0.508 e. The quantitative estimate of drug-likeness (QED) is 0.777. The fourth-order valence-corrected chi connectivity index (χ4v) is 2.41. The average molecular weight is 345 g/mol. The Bertz CT molecular complexity index is 738. The first-order chi connectivity index (χ1) is 10.2. The smallest absolute Gasteiger partial charge is 0.227 e. The van der Waals surface area contributed by atoms with Crippen molar-refractivity contribution in [2.75, 3.05) is 0 Å². The summed E-state index contributed by atoms with van der Waals surface area (Å²) in [6.45, 7) is 0. The molecule has 5 heteroatoms. The summed E-state index contributed by atoms with van der Waals surface area (Å²) < 4.78 is 6.26. The first-order valence-electron chi connectivity index (χ1n) is 6.57. The van der Waals surface area contributed by atoms with E-state index in [1.54, 1.807) is 12.1 Å². The van der Waals surface area contributed by atoms with Crippen LogP contribution in [-0.4, -0.2) is 15.2 Å². The second kappa shape index (κ2) is 6.10. The molecule has 0 radical (unpaired) electrons. The first kappa shape index (κ1) is 13.8. The van der Waals surface area contributed by atoms with E-state index in [2.05, 4.69) is 26.1 Å². The van der Waals surface area contributed by atoms with Gasteiger partial charge in [-0.05, 0) is 36.2 Å². The predicted molar refractivity (Wildman–Crippen MR) is 82.9 cm³/mol. The highest BCUT2D eigenvalue weighted by atomic mass is 79.9. The molecule has 4 nitrogen and oxygen atoms in total. The van der Waals surface area contributed by atoms with Gasteiger partial charge in [-0.2, -0.15) is 4.98 Å². The lowest BCUT2D eigenvalue weighted by atomic mass is 10.1. The number of phenols is 1. The number of benzene rings is 2. The van der Waals surface area contributed by atoms with Gasteiger partial charge in [-0.3, -0.25) is 0 Å². The van der Waals surface area contributed by atoms with E-state index in [9.17, 15) is 5.11 Å². The van der Waals surface area contributed by atoms with E-state index < -0.39 is 0 Å². The van der Waals surface area contributed by atoms with Crippen molar-refractivity contribution in [2.24, 2.45) is 0 Å². The summed E-state index contributed by atoms with van der Waals surface area (Å²) in [7, 11) is 0. The van der Waals surface area contributed by atoms with Gasteiger partial charge < -0.3 is 9.63 Å². The molecule has 0 atom stereocenters. The summed E-state index contributed by atoms with van der Waals surface area (Å²) in [4.78, 5) is 4.41. The van der Waals surface area contributed by atoms with E-state index in [1.165, 1.54) is 0 Å². The van der Waals surface area contributed by atoms with Crippen molar-refractivity contribution >= 4 is 15.9 Å². The fraction of sp³-hybridized carbons (Fsp3) is 0.125. The van der Waals surface area contributed by atoms with E-state index in [4.69, 9.17) is 4.52 Å². The summed E-state index contributed by atoms with van der Waals surface area (Å²) in [5, 5.41) is 13.3. The molecule has 1 N–H and O–H groups in total. The van der Waals surface area contributed by atoms with E-state index in [-0.39, 0.29) is 5.75 Å². The van der Waals surface area contributed by atoms with Gasteiger partial charge in [0.2, 0.25) is 11.7 Å². The SMILES string of the molecule is Oc1ccc(CCc2nc(-c3cccc(Br)c3)no2)cc1. The van der Waals surface area contributed by atoms with Crippen molar-refractivity contribution in [3.8, 4) is 17.1 Å². The number of phenolic OH excluding ortho intramolecular Hbond substituents is 1. The summed E-state index contributed by atoms with van der Waals surface area (Å²) in [5.74, 6) is 1.48. The molecule has 0 saturated carbocycles. The van der Waals surface area contributed by atoms with Gasteiger partial charge in [-0.1, -0.05) is 45.4 Å². The average Bonchev–Trinajstić information content (AvgIpc) is 2.96. The zero-order valence-corrected chi connectivity index (χ0v) is 12.7. The van der Waals surface area contributed by atoms with Gasteiger partial charge in [0.05, 0.1) is 0 Å². The minimum absolute atomic E-state index is 0.272. The van der Waals surface area contributed by atoms with Crippen LogP contribution in [0.3, 0.4) is 0 Å². The standard InChI is InChI=1S/C16H13BrN2O2/c17-13-3-1-2-12(10-13)16-18-15(21-19-16)9-6-11-4-7-14(20)8-5-11/h1-5,7-8,10,20H,6,9H2. The molecular formula is C16H13BrN2O2. The normalized spacial score (nSPS) is 10.7. The van der Waals surface area contributed by atoms with Gasteiger partial charge in [0.25, 0.3) is 0 Å². The number of aryl methyl sites for hydroxylation is 2. The van der Waals surface area contributed by atoms with Crippen molar-refractivity contribution in [3.63, 3.8) is 0 Å². The van der Waals surface area contributed by atoms with Crippen LogP contribution < -0.4 is 0 Å². The second-order valence-corrected chi connectivity index (χ2v) is 5.60. The van der Waals surface area contributed by atoms with Gasteiger partial charge in [0, 0.05) is 16.5 Å². The molecule has 106 valence electrons. The molecule has 0 bridgehead atoms. The van der Waals surface area contributed by atoms with Gasteiger partial charge in [0.15, 0.2) is 0 Å². The van der Waals surface area contributed by atoms with Crippen LogP contribution in [0.15, 0.2) is 57.5 Å². The minimum atomic E-state index is 0.272. The molecule has 0 fully saturated rings. The lowest BCUT2D eigenvalue weighted by molar-refractivity contribution is 0.379. The topological polar surface area (TPSA) is 59.2 Å². The Morgan fingerprint density at radius 2 is 1.86 bits per heavy atom. The molecule has 0 unspecified atom stereocenters. The van der Waals surface area contributed by atoms with Crippen LogP contribution >= 0.6 is 15.9 Å². The number of halogens is 1. The molecule has 0 saturated heterocycles. The maximum Gasteiger partial charge on any atom is 0.227 e. The summed E-state index contributed by atoms with van der Waals surface area (Å²) >= 11 is 3.43. The maximum absolute atomic E-state index is 9.25. The molecule has 0 aliphatic rings. The lowest BCUT2D eigenvalue weighted by Gasteiger charge is -1.98. The Labute approximate surface area is 130 Å². The lowest BCUT2D eigenvalue weighted by Crippen LogP contribution is -1.91. The van der Waals surface area contributed by atoms with Crippen molar-refractivity contribution in [1.29, 1.82) is 0 Å². The van der Waals surface area contributed by atoms with E-state index in [0.717, 1.165) is 22.0 Å². The molecular weight excluding hydrogens is 332 g/mol. The Morgan fingerprint density at radius 1 is 1.05 bits per heavy atom. The van der Waals surface area contributed by atoms with Gasteiger partial charge >= 0.3 is 0 Å². The Balaban J connectivity index is 1.69. The van der Waals surface area contributed by atoms with Crippen LogP contribution in [0.2, 0.25) is 0 Å². The highest BCUT2D eigenvalue weighted by Gasteiger charge is 2.09. The van der Waals surface area contributed by atoms with Crippen LogP contribution in [0.4, 0.5) is 0 Å². The monoisotopic (exact) mass is 344 g/mol. The van der Waals surface area contributed by atoms with Gasteiger partial charge in [-0.25, -0.2) is 0 Å². The highest BCUT2D eigenvalue weighted by molar-refractivity contribution is 9.10. The Kier molecular flexibility index (Phi) is 4.01. The Hall–Kier alpha value is -2.14. The largest absolute Gasteiger partial charge is 0.508 e. The molecule has 1 heterocycles. The van der Waals surface area contributed by atoms with Crippen molar-refractivity contribution in [1.82, 2.24) is 10.1 Å². The van der Waals surface area contributed by atoms with Crippen molar-refractivity contribution in [2.45, 2.75) is 12.8 Å². The van der Waals surface area contributed by atoms with Crippen LogP contribution in [0.25, 0.3) is 11.4 Å². The van der Waals surface area contributed by atoms with Crippen LogP contribution in [0.1, 0.15) is 11.5 Å². The maximum atomic E-state index is 9.25. The van der Waals surface area contributed by atoms with Crippen LogP contribution in [0.5, 0.6) is 5.75 Å². The summed E-state index contributed by atoms with van der Waals surface area (Å²) in [6.07, 6.45) is 1.46. The molecule has 21 heavy (non-hydrogen) atoms. The third kappa shape index (κ3) is 3.49. The van der Waals surface area contributed by atoms with Crippen molar-refractivity contribution in [3.05, 3.63) is 64.5 Å². The van der Waals surface area contributed by atoms with Crippen LogP contribution in [0, 0.1) is 0 Å². The molecule has 0 spiro atoms.